The smallest absolute Gasteiger partial charge is 0.00637 e. The van der Waals surface area contributed by atoms with E-state index >= 15 is 0 Å². The monoisotopic (exact) mass is 348 g/mol. The van der Waals surface area contributed by atoms with Crippen LogP contribution >= 0.6 is 0 Å². The lowest BCUT2D eigenvalue weighted by atomic mass is 9.85. The summed E-state index contributed by atoms with van der Waals surface area (Å²) in [5.74, 6) is 0. The summed E-state index contributed by atoms with van der Waals surface area (Å²) < 4.78 is 0. The van der Waals surface area contributed by atoms with Crippen LogP contribution in [0.3, 0.4) is 0 Å². The number of benzene rings is 3. The van der Waals surface area contributed by atoms with E-state index in [-0.39, 0.29) is 0 Å². The molecule has 132 valence electrons. The Morgan fingerprint density at radius 2 is 1.30 bits per heavy atom. The fourth-order valence-electron chi connectivity index (χ4n) is 3.96. The van der Waals surface area contributed by atoms with Crippen molar-refractivity contribution in [1.82, 2.24) is 0 Å². The van der Waals surface area contributed by atoms with Gasteiger partial charge >= 0.3 is 0 Å². The van der Waals surface area contributed by atoms with Crippen LogP contribution in [0.4, 0.5) is 0 Å². The summed E-state index contributed by atoms with van der Waals surface area (Å²) in [7, 11) is 0. The fraction of sp³-hybridized carbons (Fsp3) is 0.111. The van der Waals surface area contributed by atoms with Crippen molar-refractivity contribution in [3.8, 4) is 0 Å². The fourth-order valence-corrected chi connectivity index (χ4v) is 3.96. The molecule has 0 nitrogen and oxygen atoms in total. The first-order valence-electron chi connectivity index (χ1n) is 9.54. The summed E-state index contributed by atoms with van der Waals surface area (Å²) >= 11 is 0. The maximum absolute atomic E-state index is 4.27. The Balaban J connectivity index is 2.10. The number of hydrogen-bond donors (Lipinski definition) is 0. The summed E-state index contributed by atoms with van der Waals surface area (Å²) in [6, 6.07) is 17.5. The largest absolute Gasteiger partial charge is 0.0955 e. The molecule has 0 bridgehead atoms. The standard InChI is InChI=1S/C27H24/c1-20(2)26-22-16-10-12-18-24(22)27(25-19-13-11-17-23(25)26)21-14-8-6-4-3-5-7-9-15-21/h3-4,6-13,15-19H,1,5,14H2,2H3/b4-3-,8-6-,9-7-,21-15?. The van der Waals surface area contributed by atoms with Crippen LogP contribution in [0.1, 0.15) is 30.9 Å². The lowest BCUT2D eigenvalue weighted by molar-refractivity contribution is 1.36. The second-order valence-electron chi connectivity index (χ2n) is 7.04. The number of rotatable bonds is 2. The Morgan fingerprint density at radius 3 is 1.93 bits per heavy atom. The molecule has 0 fully saturated rings. The maximum atomic E-state index is 4.27. The number of fused-ring (bicyclic) bond motifs is 2. The molecule has 0 spiro atoms. The van der Waals surface area contributed by atoms with E-state index < -0.39 is 0 Å². The molecule has 3 aromatic rings. The molecule has 0 unspecified atom stereocenters. The molecule has 0 amide bonds. The average Bonchev–Trinajstić information content (AvgIpc) is 2.70. The maximum Gasteiger partial charge on any atom is -0.00637 e. The molecule has 0 heterocycles. The minimum absolute atomic E-state index is 0.912. The first-order chi connectivity index (χ1) is 13.3. The predicted molar refractivity (Wildman–Crippen MR) is 121 cm³/mol. The molecule has 27 heavy (non-hydrogen) atoms. The molecular formula is C27H24. The van der Waals surface area contributed by atoms with Crippen LogP contribution in [0.2, 0.25) is 0 Å². The van der Waals surface area contributed by atoms with Crippen molar-refractivity contribution in [2.75, 3.05) is 0 Å². The van der Waals surface area contributed by atoms with Gasteiger partial charge < -0.3 is 0 Å². The van der Waals surface area contributed by atoms with Crippen molar-refractivity contribution in [1.29, 1.82) is 0 Å². The number of allylic oxidation sites excluding steroid dienone is 9. The highest BCUT2D eigenvalue weighted by molar-refractivity contribution is 6.15. The highest BCUT2D eigenvalue weighted by Gasteiger charge is 2.15. The van der Waals surface area contributed by atoms with E-state index in [1.54, 1.807) is 0 Å². The Kier molecular flexibility index (Phi) is 4.89. The first kappa shape index (κ1) is 17.3. The normalized spacial score (nSPS) is 18.0. The third-order valence-corrected chi connectivity index (χ3v) is 5.11. The van der Waals surface area contributed by atoms with Crippen LogP contribution in [-0.2, 0) is 0 Å². The van der Waals surface area contributed by atoms with Crippen molar-refractivity contribution >= 4 is 32.7 Å². The summed E-state index contributed by atoms with van der Waals surface area (Å²) in [6.07, 6.45) is 17.3. The molecule has 1 aliphatic carbocycles. The van der Waals surface area contributed by atoms with Gasteiger partial charge in [0.15, 0.2) is 0 Å². The summed E-state index contributed by atoms with van der Waals surface area (Å²) in [5, 5.41) is 5.17. The lowest BCUT2D eigenvalue weighted by Crippen LogP contribution is -1.94. The number of hydrogen-bond acceptors (Lipinski definition) is 0. The summed E-state index contributed by atoms with van der Waals surface area (Å²) in [6.45, 7) is 6.38. The molecular weight excluding hydrogens is 324 g/mol. The first-order valence-corrected chi connectivity index (χ1v) is 9.54. The van der Waals surface area contributed by atoms with Crippen LogP contribution < -0.4 is 0 Å². The molecule has 0 saturated heterocycles. The van der Waals surface area contributed by atoms with Gasteiger partial charge in [-0.3, -0.25) is 0 Å². The predicted octanol–water partition coefficient (Wildman–Crippen LogP) is 7.87. The van der Waals surface area contributed by atoms with Crippen molar-refractivity contribution in [3.63, 3.8) is 0 Å². The van der Waals surface area contributed by atoms with Crippen molar-refractivity contribution < 1.29 is 0 Å². The molecule has 0 heteroatoms. The zero-order chi connectivity index (χ0) is 18.6. The van der Waals surface area contributed by atoms with E-state index in [0.29, 0.717) is 0 Å². The van der Waals surface area contributed by atoms with Gasteiger partial charge in [0.25, 0.3) is 0 Å². The zero-order valence-corrected chi connectivity index (χ0v) is 15.8. The Morgan fingerprint density at radius 1 is 0.741 bits per heavy atom. The molecule has 0 aliphatic heterocycles. The van der Waals surface area contributed by atoms with Gasteiger partial charge in [-0.15, -0.1) is 0 Å². The molecule has 0 atom stereocenters. The van der Waals surface area contributed by atoms with E-state index in [1.807, 2.05) is 0 Å². The Hall–Kier alpha value is -3.12. The van der Waals surface area contributed by atoms with Crippen LogP contribution in [0, 0.1) is 0 Å². The van der Waals surface area contributed by atoms with Gasteiger partial charge in [0.1, 0.15) is 0 Å². The lowest BCUT2D eigenvalue weighted by Gasteiger charge is -2.18. The minimum atomic E-state index is 0.912. The van der Waals surface area contributed by atoms with Crippen LogP contribution in [0.25, 0.3) is 32.7 Å². The van der Waals surface area contributed by atoms with Gasteiger partial charge in [-0.2, -0.15) is 0 Å². The summed E-state index contributed by atoms with van der Waals surface area (Å²) in [5.41, 5.74) is 5.06. The third kappa shape index (κ3) is 3.31. The molecule has 4 rings (SSSR count). The summed E-state index contributed by atoms with van der Waals surface area (Å²) in [4.78, 5) is 0. The van der Waals surface area contributed by atoms with Gasteiger partial charge in [0, 0.05) is 0 Å². The van der Waals surface area contributed by atoms with Gasteiger partial charge in [0.05, 0.1) is 0 Å². The second kappa shape index (κ2) is 7.63. The Labute approximate surface area is 161 Å². The average molecular weight is 348 g/mol. The topological polar surface area (TPSA) is 0 Å². The van der Waals surface area contributed by atoms with E-state index in [9.17, 15) is 0 Å². The molecule has 0 aromatic heterocycles. The van der Waals surface area contributed by atoms with Gasteiger partial charge in [0.2, 0.25) is 0 Å². The van der Waals surface area contributed by atoms with Crippen molar-refractivity contribution in [2.24, 2.45) is 0 Å². The Bertz CT molecular complexity index is 1080. The van der Waals surface area contributed by atoms with Gasteiger partial charge in [-0.05, 0) is 63.6 Å². The van der Waals surface area contributed by atoms with Gasteiger partial charge in [-0.25, -0.2) is 0 Å². The van der Waals surface area contributed by atoms with E-state index in [4.69, 9.17) is 0 Å². The molecule has 0 N–H and O–H groups in total. The molecule has 3 aromatic carbocycles. The second-order valence-corrected chi connectivity index (χ2v) is 7.04. The third-order valence-electron chi connectivity index (χ3n) is 5.11. The van der Waals surface area contributed by atoms with Crippen LogP contribution in [0.15, 0.2) is 97.6 Å². The highest BCUT2D eigenvalue weighted by Crippen LogP contribution is 2.40. The minimum Gasteiger partial charge on any atom is -0.0955 e. The van der Waals surface area contributed by atoms with Crippen LogP contribution in [0.5, 0.6) is 0 Å². The van der Waals surface area contributed by atoms with Gasteiger partial charge in [-0.1, -0.05) is 97.6 Å². The van der Waals surface area contributed by atoms with Crippen LogP contribution in [-0.4, -0.2) is 0 Å². The highest BCUT2D eigenvalue weighted by atomic mass is 14.2. The molecule has 1 aliphatic rings. The SMILES string of the molecule is C=C(C)c1c2ccccc2c(C2=C/C=C\C/C=C\C=C/C2)c2ccccc12. The molecule has 0 saturated carbocycles. The quantitative estimate of drug-likeness (QED) is 0.413. The van der Waals surface area contributed by atoms with E-state index in [0.717, 1.165) is 18.4 Å². The van der Waals surface area contributed by atoms with E-state index in [2.05, 4.69) is 105 Å². The van der Waals surface area contributed by atoms with E-state index in [1.165, 1.54) is 38.2 Å². The van der Waals surface area contributed by atoms with Crippen molar-refractivity contribution in [3.05, 3.63) is 109 Å². The zero-order valence-electron chi connectivity index (χ0n) is 15.8. The molecule has 0 radical (unpaired) electrons. The van der Waals surface area contributed by atoms with Crippen molar-refractivity contribution in [2.45, 2.75) is 19.8 Å².